The molecule has 0 radical (unpaired) electrons. The molecule has 2 N–H and O–H groups in total. The summed E-state index contributed by atoms with van der Waals surface area (Å²) in [5.74, 6) is -0.103. The molecule has 0 aromatic heterocycles. The highest BCUT2D eigenvalue weighted by molar-refractivity contribution is 5.93. The van der Waals surface area contributed by atoms with Crippen molar-refractivity contribution < 1.29 is 27.8 Å². The van der Waals surface area contributed by atoms with Crippen LogP contribution in [0.3, 0.4) is 0 Å². The molecular weight excluding hydrogens is 286 g/mol. The van der Waals surface area contributed by atoms with E-state index in [1.54, 1.807) is 7.11 Å². The van der Waals surface area contributed by atoms with Crippen molar-refractivity contribution in [3.05, 3.63) is 18.2 Å². The molecule has 0 spiro atoms. The van der Waals surface area contributed by atoms with Gasteiger partial charge in [-0.3, -0.25) is 4.79 Å². The SMILES string of the molecule is COCCNCC(=O)Nc1cc(OC)ccc1OC(F)F. The number of alkyl halides is 2. The quantitative estimate of drug-likeness (QED) is 0.676. The van der Waals surface area contributed by atoms with E-state index in [0.29, 0.717) is 18.9 Å². The third kappa shape index (κ3) is 6.37. The summed E-state index contributed by atoms with van der Waals surface area (Å²) in [5, 5.41) is 5.32. The smallest absolute Gasteiger partial charge is 0.387 e. The number of rotatable bonds is 9. The highest BCUT2D eigenvalue weighted by atomic mass is 19.3. The number of hydrogen-bond donors (Lipinski definition) is 2. The molecule has 0 aliphatic rings. The van der Waals surface area contributed by atoms with Crippen LogP contribution in [0, 0.1) is 0 Å². The van der Waals surface area contributed by atoms with Gasteiger partial charge in [-0.05, 0) is 12.1 Å². The van der Waals surface area contributed by atoms with Gasteiger partial charge in [0.05, 0.1) is 25.9 Å². The van der Waals surface area contributed by atoms with E-state index in [4.69, 9.17) is 9.47 Å². The lowest BCUT2D eigenvalue weighted by Gasteiger charge is -2.13. The predicted octanol–water partition coefficient (Wildman–Crippen LogP) is 1.47. The molecule has 0 fully saturated rings. The van der Waals surface area contributed by atoms with E-state index in [1.165, 1.54) is 25.3 Å². The fourth-order valence-corrected chi connectivity index (χ4v) is 1.50. The molecule has 1 aromatic carbocycles. The Kier molecular flexibility index (Phi) is 7.41. The Bertz CT molecular complexity index is 458. The molecule has 0 heterocycles. The Hall–Kier alpha value is -1.93. The Morgan fingerprint density at radius 1 is 1.33 bits per heavy atom. The van der Waals surface area contributed by atoms with Crippen molar-refractivity contribution in [1.82, 2.24) is 5.32 Å². The number of nitrogens with one attached hydrogen (secondary N) is 2. The third-order valence-electron chi connectivity index (χ3n) is 2.45. The van der Waals surface area contributed by atoms with Gasteiger partial charge >= 0.3 is 6.61 Å². The number of halogens is 2. The van der Waals surface area contributed by atoms with E-state index in [-0.39, 0.29) is 18.0 Å². The molecule has 118 valence electrons. The van der Waals surface area contributed by atoms with Crippen LogP contribution in [0.4, 0.5) is 14.5 Å². The lowest BCUT2D eigenvalue weighted by Crippen LogP contribution is -2.30. The summed E-state index contributed by atoms with van der Waals surface area (Å²) in [6, 6.07) is 4.17. The van der Waals surface area contributed by atoms with Gasteiger partial charge < -0.3 is 24.8 Å². The summed E-state index contributed by atoms with van der Waals surface area (Å²) >= 11 is 0. The number of hydrogen-bond acceptors (Lipinski definition) is 5. The van der Waals surface area contributed by atoms with Crippen LogP contribution in [0.25, 0.3) is 0 Å². The van der Waals surface area contributed by atoms with Crippen LogP contribution in [-0.2, 0) is 9.53 Å². The zero-order valence-corrected chi connectivity index (χ0v) is 11.8. The first-order valence-electron chi connectivity index (χ1n) is 6.19. The molecule has 21 heavy (non-hydrogen) atoms. The summed E-state index contributed by atoms with van der Waals surface area (Å²) < 4.78 is 38.8. The van der Waals surface area contributed by atoms with Gasteiger partial charge in [0.2, 0.25) is 5.91 Å². The second kappa shape index (κ2) is 9.09. The van der Waals surface area contributed by atoms with Crippen LogP contribution in [0.15, 0.2) is 18.2 Å². The van der Waals surface area contributed by atoms with Crippen molar-refractivity contribution in [1.29, 1.82) is 0 Å². The average Bonchev–Trinajstić information content (AvgIpc) is 2.45. The van der Waals surface area contributed by atoms with Gasteiger partial charge in [0.1, 0.15) is 11.5 Å². The summed E-state index contributed by atoms with van der Waals surface area (Å²) in [5.41, 5.74) is 0.119. The van der Waals surface area contributed by atoms with Gasteiger partial charge in [0.25, 0.3) is 0 Å². The van der Waals surface area contributed by atoms with Crippen LogP contribution in [0.5, 0.6) is 11.5 Å². The van der Waals surface area contributed by atoms with Gasteiger partial charge in [-0.25, -0.2) is 0 Å². The first-order chi connectivity index (χ1) is 10.1. The molecule has 1 amide bonds. The maximum Gasteiger partial charge on any atom is 0.387 e. The number of amides is 1. The number of carbonyl (C=O) groups excluding carboxylic acids is 1. The van der Waals surface area contributed by atoms with E-state index in [2.05, 4.69) is 15.4 Å². The molecule has 0 saturated heterocycles. The van der Waals surface area contributed by atoms with E-state index in [0.717, 1.165) is 0 Å². The van der Waals surface area contributed by atoms with Crippen molar-refractivity contribution in [2.75, 3.05) is 39.2 Å². The lowest BCUT2D eigenvalue weighted by molar-refractivity contribution is -0.115. The molecule has 0 aliphatic heterocycles. The topological polar surface area (TPSA) is 68.8 Å². The second-order valence-electron chi connectivity index (χ2n) is 3.96. The number of methoxy groups -OCH3 is 2. The fraction of sp³-hybridized carbons (Fsp3) is 0.462. The first-order valence-corrected chi connectivity index (χ1v) is 6.19. The van der Waals surface area contributed by atoms with Crippen molar-refractivity contribution in [3.63, 3.8) is 0 Å². The molecule has 1 aromatic rings. The van der Waals surface area contributed by atoms with E-state index in [9.17, 15) is 13.6 Å². The van der Waals surface area contributed by atoms with Gasteiger partial charge in [-0.1, -0.05) is 0 Å². The molecule has 0 bridgehead atoms. The van der Waals surface area contributed by atoms with Crippen molar-refractivity contribution in [2.24, 2.45) is 0 Å². The maximum atomic E-state index is 12.3. The average molecular weight is 304 g/mol. The van der Waals surface area contributed by atoms with Crippen molar-refractivity contribution in [2.45, 2.75) is 6.61 Å². The summed E-state index contributed by atoms with van der Waals surface area (Å²) in [6.07, 6.45) is 0. The lowest BCUT2D eigenvalue weighted by atomic mass is 10.2. The molecule has 0 unspecified atom stereocenters. The minimum atomic E-state index is -2.98. The summed E-state index contributed by atoms with van der Waals surface area (Å²) in [4.78, 5) is 11.7. The van der Waals surface area contributed by atoms with E-state index in [1.807, 2.05) is 0 Å². The number of benzene rings is 1. The minimum Gasteiger partial charge on any atom is -0.497 e. The van der Waals surface area contributed by atoms with Crippen molar-refractivity contribution in [3.8, 4) is 11.5 Å². The zero-order chi connectivity index (χ0) is 15.7. The third-order valence-corrected chi connectivity index (χ3v) is 2.45. The molecule has 8 heteroatoms. The normalized spacial score (nSPS) is 10.5. The molecule has 0 saturated carbocycles. The number of carbonyl (C=O) groups is 1. The summed E-state index contributed by atoms with van der Waals surface area (Å²) in [7, 11) is 2.98. The molecule has 0 atom stereocenters. The fourth-order valence-electron chi connectivity index (χ4n) is 1.50. The van der Waals surface area contributed by atoms with Gasteiger partial charge in [-0.2, -0.15) is 8.78 Å². The number of ether oxygens (including phenoxy) is 3. The van der Waals surface area contributed by atoms with Crippen LogP contribution in [0.2, 0.25) is 0 Å². The molecule has 0 aliphatic carbocycles. The Labute approximate surface area is 121 Å². The standard InChI is InChI=1S/C13H18F2N2O4/c1-19-6-5-16-8-12(18)17-10-7-9(20-2)3-4-11(10)21-13(14)15/h3-4,7,13,16H,5-6,8H2,1-2H3,(H,17,18). The van der Waals surface area contributed by atoms with Crippen molar-refractivity contribution >= 4 is 11.6 Å². The van der Waals surface area contributed by atoms with Gasteiger partial charge in [0, 0.05) is 19.7 Å². The maximum absolute atomic E-state index is 12.3. The first kappa shape index (κ1) is 17.1. The largest absolute Gasteiger partial charge is 0.497 e. The molecule has 1 rings (SSSR count). The van der Waals surface area contributed by atoms with Crippen LogP contribution < -0.4 is 20.1 Å². The predicted molar refractivity (Wildman–Crippen MR) is 73.0 cm³/mol. The van der Waals surface area contributed by atoms with Gasteiger partial charge in [-0.15, -0.1) is 0 Å². The highest BCUT2D eigenvalue weighted by Gasteiger charge is 2.13. The Balaban J connectivity index is 2.67. The monoisotopic (exact) mass is 304 g/mol. The van der Waals surface area contributed by atoms with Gasteiger partial charge in [0.15, 0.2) is 0 Å². The van der Waals surface area contributed by atoms with Crippen LogP contribution in [-0.4, -0.2) is 46.4 Å². The van der Waals surface area contributed by atoms with E-state index < -0.39 is 12.5 Å². The highest BCUT2D eigenvalue weighted by Crippen LogP contribution is 2.30. The second-order valence-corrected chi connectivity index (χ2v) is 3.96. The van der Waals surface area contributed by atoms with Crippen LogP contribution in [0.1, 0.15) is 0 Å². The zero-order valence-electron chi connectivity index (χ0n) is 11.8. The number of anilines is 1. The van der Waals surface area contributed by atoms with Crippen LogP contribution >= 0.6 is 0 Å². The van der Waals surface area contributed by atoms with E-state index >= 15 is 0 Å². The Morgan fingerprint density at radius 2 is 2.10 bits per heavy atom. The molecule has 6 nitrogen and oxygen atoms in total. The Morgan fingerprint density at radius 3 is 2.71 bits per heavy atom. The molecular formula is C13H18F2N2O4. The summed E-state index contributed by atoms with van der Waals surface area (Å²) in [6.45, 7) is -1.99. The minimum absolute atomic E-state index is 0.0225.